The van der Waals surface area contributed by atoms with Crippen molar-refractivity contribution < 1.29 is 4.74 Å². The van der Waals surface area contributed by atoms with Gasteiger partial charge in [-0.1, -0.05) is 12.1 Å². The molecule has 0 aliphatic rings. The fourth-order valence-corrected chi connectivity index (χ4v) is 1.77. The van der Waals surface area contributed by atoms with E-state index in [1.54, 1.807) is 6.07 Å². The van der Waals surface area contributed by atoms with Gasteiger partial charge in [-0.3, -0.25) is 0 Å². The molecule has 6 heteroatoms. The van der Waals surface area contributed by atoms with Gasteiger partial charge in [-0.2, -0.15) is 10.2 Å². The summed E-state index contributed by atoms with van der Waals surface area (Å²) in [4.78, 5) is 8.13. The topological polar surface area (TPSA) is 96.9 Å². The molecule has 21 heavy (non-hydrogen) atoms. The molecule has 0 fully saturated rings. The molecule has 1 aromatic heterocycles. The van der Waals surface area contributed by atoms with Gasteiger partial charge in [-0.15, -0.1) is 0 Å². The van der Waals surface area contributed by atoms with E-state index in [0.717, 1.165) is 5.56 Å². The Morgan fingerprint density at radius 2 is 2.19 bits per heavy atom. The molecular weight excluding hydrogens is 266 g/mol. The zero-order valence-corrected chi connectivity index (χ0v) is 12.0. The van der Waals surface area contributed by atoms with Crippen LogP contribution in [-0.2, 0) is 6.54 Å². The van der Waals surface area contributed by atoms with E-state index in [1.807, 2.05) is 32.0 Å². The van der Waals surface area contributed by atoms with Crippen LogP contribution in [0.3, 0.4) is 0 Å². The van der Waals surface area contributed by atoms with E-state index in [1.165, 1.54) is 6.33 Å². The fraction of sp³-hybridized carbons (Fsp3) is 0.267. The number of aromatic nitrogens is 2. The Hall–Kier alpha value is -2.81. The van der Waals surface area contributed by atoms with Crippen LogP contribution in [0, 0.1) is 11.3 Å². The molecule has 0 unspecified atom stereocenters. The number of nitriles is 1. The normalized spacial score (nSPS) is 10.2. The molecule has 0 amide bonds. The summed E-state index contributed by atoms with van der Waals surface area (Å²) in [6.45, 7) is 4.32. The van der Waals surface area contributed by atoms with Gasteiger partial charge in [-0.25, -0.2) is 4.98 Å². The highest BCUT2D eigenvalue weighted by Gasteiger charge is 2.10. The van der Waals surface area contributed by atoms with E-state index in [2.05, 4.69) is 21.4 Å². The second-order valence-corrected chi connectivity index (χ2v) is 4.77. The molecule has 2 rings (SSSR count). The van der Waals surface area contributed by atoms with Gasteiger partial charge >= 0.3 is 0 Å². The number of hydrogen-bond donors (Lipinski definition) is 2. The van der Waals surface area contributed by atoms with Crippen molar-refractivity contribution in [2.75, 3.05) is 11.1 Å². The van der Waals surface area contributed by atoms with E-state index >= 15 is 0 Å². The van der Waals surface area contributed by atoms with Gasteiger partial charge in [0.25, 0.3) is 0 Å². The molecule has 0 saturated heterocycles. The predicted octanol–water partition coefficient (Wildman–Crippen LogP) is 2.33. The lowest BCUT2D eigenvalue weighted by Gasteiger charge is -2.13. The van der Waals surface area contributed by atoms with Gasteiger partial charge in [0.2, 0.25) is 5.88 Å². The average Bonchev–Trinajstić information content (AvgIpc) is 2.48. The zero-order valence-electron chi connectivity index (χ0n) is 12.0. The summed E-state index contributed by atoms with van der Waals surface area (Å²) in [5, 5.41) is 12.0. The highest BCUT2D eigenvalue weighted by atomic mass is 16.5. The molecule has 0 atom stereocenters. The summed E-state index contributed by atoms with van der Waals surface area (Å²) in [6.07, 6.45) is 1.39. The summed E-state index contributed by atoms with van der Waals surface area (Å²) in [5.74, 6) is 0.885. The summed E-state index contributed by atoms with van der Waals surface area (Å²) >= 11 is 0. The fourth-order valence-electron chi connectivity index (χ4n) is 1.77. The number of anilines is 2. The quantitative estimate of drug-likeness (QED) is 0.874. The molecule has 0 aliphatic carbocycles. The number of nitrogens with zero attached hydrogens (tertiary/aromatic N) is 3. The van der Waals surface area contributed by atoms with Crippen LogP contribution < -0.4 is 15.8 Å². The van der Waals surface area contributed by atoms with Crippen LogP contribution in [0.15, 0.2) is 30.6 Å². The number of nitrogens with two attached hydrogens (primary N) is 1. The first-order chi connectivity index (χ1) is 10.1. The smallest absolute Gasteiger partial charge is 0.242 e. The largest absolute Gasteiger partial charge is 0.473 e. The van der Waals surface area contributed by atoms with Crippen LogP contribution in [0.25, 0.3) is 0 Å². The van der Waals surface area contributed by atoms with Crippen molar-refractivity contribution in [2.24, 2.45) is 0 Å². The molecule has 108 valence electrons. The zero-order chi connectivity index (χ0) is 15.2. The van der Waals surface area contributed by atoms with Gasteiger partial charge in [0.1, 0.15) is 12.0 Å². The molecule has 3 N–H and O–H groups in total. The Morgan fingerprint density at radius 3 is 2.90 bits per heavy atom. The summed E-state index contributed by atoms with van der Waals surface area (Å²) < 4.78 is 5.52. The second kappa shape index (κ2) is 6.57. The third kappa shape index (κ3) is 3.83. The molecular formula is C15H17N5O. The Balaban J connectivity index is 2.11. The number of hydrogen-bond acceptors (Lipinski definition) is 6. The summed E-state index contributed by atoms with van der Waals surface area (Å²) in [6, 6.07) is 9.45. The first kappa shape index (κ1) is 14.6. The van der Waals surface area contributed by atoms with Crippen LogP contribution >= 0.6 is 0 Å². The SMILES string of the molecule is CC(C)Oc1ncnc(NCc2cccc(C#N)c2)c1N. The van der Waals surface area contributed by atoms with Crippen molar-refractivity contribution in [3.63, 3.8) is 0 Å². The maximum absolute atomic E-state index is 8.88. The monoisotopic (exact) mass is 283 g/mol. The van der Waals surface area contributed by atoms with E-state index in [4.69, 9.17) is 15.7 Å². The Labute approximate surface area is 123 Å². The minimum Gasteiger partial charge on any atom is -0.473 e. The maximum Gasteiger partial charge on any atom is 0.242 e. The van der Waals surface area contributed by atoms with Crippen molar-refractivity contribution >= 4 is 11.5 Å². The van der Waals surface area contributed by atoms with Gasteiger partial charge < -0.3 is 15.8 Å². The van der Waals surface area contributed by atoms with Gasteiger partial charge in [0.15, 0.2) is 5.82 Å². The molecule has 1 heterocycles. The van der Waals surface area contributed by atoms with E-state index in [-0.39, 0.29) is 6.10 Å². The maximum atomic E-state index is 8.88. The molecule has 0 bridgehead atoms. The number of rotatable bonds is 5. The minimum absolute atomic E-state index is 0.0117. The molecule has 0 spiro atoms. The Morgan fingerprint density at radius 1 is 1.38 bits per heavy atom. The number of nitrogens with one attached hydrogen (secondary N) is 1. The first-order valence-electron chi connectivity index (χ1n) is 6.60. The van der Waals surface area contributed by atoms with Crippen LogP contribution in [0.1, 0.15) is 25.0 Å². The highest BCUT2D eigenvalue weighted by molar-refractivity contribution is 5.66. The molecule has 6 nitrogen and oxygen atoms in total. The molecule has 1 aromatic carbocycles. The van der Waals surface area contributed by atoms with E-state index in [0.29, 0.717) is 29.5 Å². The average molecular weight is 283 g/mol. The third-order valence-corrected chi connectivity index (χ3v) is 2.71. The van der Waals surface area contributed by atoms with Crippen molar-refractivity contribution in [2.45, 2.75) is 26.5 Å². The second-order valence-electron chi connectivity index (χ2n) is 4.77. The van der Waals surface area contributed by atoms with Gasteiger partial charge in [0.05, 0.1) is 17.7 Å². The molecule has 0 aliphatic heterocycles. The van der Waals surface area contributed by atoms with E-state index < -0.39 is 0 Å². The van der Waals surface area contributed by atoms with Crippen molar-refractivity contribution in [1.82, 2.24) is 9.97 Å². The van der Waals surface area contributed by atoms with E-state index in [9.17, 15) is 0 Å². The van der Waals surface area contributed by atoms with Crippen molar-refractivity contribution in [3.8, 4) is 11.9 Å². The summed E-state index contributed by atoms with van der Waals surface area (Å²) in [5.41, 5.74) is 7.95. The molecule has 2 aromatic rings. The Bertz CT molecular complexity index is 663. The number of ether oxygens (including phenoxy) is 1. The summed E-state index contributed by atoms with van der Waals surface area (Å²) in [7, 11) is 0. The lowest BCUT2D eigenvalue weighted by Crippen LogP contribution is -2.12. The third-order valence-electron chi connectivity index (χ3n) is 2.71. The van der Waals surface area contributed by atoms with Crippen molar-refractivity contribution in [1.29, 1.82) is 5.26 Å². The molecule has 0 saturated carbocycles. The molecule has 0 radical (unpaired) electrons. The minimum atomic E-state index is -0.0117. The van der Waals surface area contributed by atoms with Gasteiger partial charge in [-0.05, 0) is 31.5 Å². The highest BCUT2D eigenvalue weighted by Crippen LogP contribution is 2.25. The van der Waals surface area contributed by atoms with Crippen LogP contribution in [0.2, 0.25) is 0 Å². The van der Waals surface area contributed by atoms with Crippen molar-refractivity contribution in [3.05, 3.63) is 41.7 Å². The first-order valence-corrected chi connectivity index (χ1v) is 6.60. The standard InChI is InChI=1S/C15H17N5O/c1-10(2)21-15-13(17)14(19-9-20-15)18-8-12-5-3-4-11(6-12)7-16/h3-6,9-10H,8,17H2,1-2H3,(H,18,19,20). The van der Waals surface area contributed by atoms with Crippen LogP contribution in [-0.4, -0.2) is 16.1 Å². The van der Waals surface area contributed by atoms with Crippen LogP contribution in [0.5, 0.6) is 5.88 Å². The van der Waals surface area contributed by atoms with Crippen LogP contribution in [0.4, 0.5) is 11.5 Å². The number of benzene rings is 1. The number of nitrogen functional groups attached to an aromatic ring is 1. The lowest BCUT2D eigenvalue weighted by atomic mass is 10.1. The Kier molecular flexibility index (Phi) is 4.57. The predicted molar refractivity (Wildman–Crippen MR) is 80.7 cm³/mol. The van der Waals surface area contributed by atoms with Gasteiger partial charge in [0, 0.05) is 6.54 Å². The lowest BCUT2D eigenvalue weighted by molar-refractivity contribution is 0.234.